The highest BCUT2D eigenvalue weighted by Gasteiger charge is 2.33. The SMILES string of the molecule is CCn1nc(C)cc1C(=O)Nc1nc2cc(C(N)=O)ccc2n1C/C=C/Cn1c(NC(=O)c2cc(C)nn2C)nc2cc(C(N)=O)cc(OCCC3CN(C(=O)OC(C)(C)C)C3)c21. The molecule has 1 fully saturated rings. The molecule has 0 spiro atoms. The van der Waals surface area contributed by atoms with E-state index < -0.39 is 29.2 Å². The Kier molecular flexibility index (Phi) is 12.1. The summed E-state index contributed by atoms with van der Waals surface area (Å²) in [6, 6.07) is 11.3. The minimum absolute atomic E-state index is 0.158. The van der Waals surface area contributed by atoms with E-state index in [1.54, 1.807) is 76.0 Å². The number of allylic oxidation sites excluding steroid dienone is 2. The second-order valence-corrected chi connectivity index (χ2v) is 16.4. The van der Waals surface area contributed by atoms with Crippen LogP contribution in [0.2, 0.25) is 0 Å². The fraction of sp³-hybridized carbons (Fsp3) is 0.372. The molecule has 7 rings (SSSR count). The van der Waals surface area contributed by atoms with Gasteiger partial charge in [-0.3, -0.25) is 39.2 Å². The van der Waals surface area contributed by atoms with E-state index in [4.69, 9.17) is 25.9 Å². The Morgan fingerprint density at radius 3 is 2.05 bits per heavy atom. The Bertz CT molecular complexity index is 2800. The zero-order chi connectivity index (χ0) is 45.3. The lowest BCUT2D eigenvalue weighted by molar-refractivity contribution is -0.00383. The van der Waals surface area contributed by atoms with Crippen molar-refractivity contribution in [2.24, 2.45) is 24.4 Å². The third-order valence-electron chi connectivity index (χ3n) is 10.4. The van der Waals surface area contributed by atoms with Crippen molar-refractivity contribution >= 4 is 63.7 Å². The molecule has 0 saturated carbocycles. The molecule has 0 atom stereocenters. The first-order valence-electron chi connectivity index (χ1n) is 20.5. The molecular formula is C43H51N13O7. The number of primary amides is 2. The molecule has 20 nitrogen and oxygen atoms in total. The molecule has 1 aliphatic heterocycles. The van der Waals surface area contributed by atoms with Gasteiger partial charge in [0.05, 0.1) is 34.5 Å². The van der Waals surface area contributed by atoms with Crippen LogP contribution < -0.4 is 26.8 Å². The van der Waals surface area contributed by atoms with Crippen LogP contribution in [-0.4, -0.2) is 98.6 Å². The number of imidazole rings is 2. The lowest BCUT2D eigenvalue weighted by atomic mass is 9.97. The number of aromatic nitrogens is 8. The van der Waals surface area contributed by atoms with E-state index in [2.05, 4.69) is 25.8 Å². The normalized spacial score (nSPS) is 13.2. The number of carbonyl (C=O) groups is 5. The Balaban J connectivity index is 1.19. The van der Waals surface area contributed by atoms with E-state index in [0.717, 1.165) is 0 Å². The van der Waals surface area contributed by atoms with Gasteiger partial charge in [0.25, 0.3) is 11.8 Å². The van der Waals surface area contributed by atoms with Gasteiger partial charge in [-0.1, -0.05) is 12.2 Å². The van der Waals surface area contributed by atoms with Gasteiger partial charge >= 0.3 is 6.09 Å². The zero-order valence-corrected chi connectivity index (χ0v) is 36.3. The van der Waals surface area contributed by atoms with E-state index in [1.807, 2.05) is 39.8 Å². The summed E-state index contributed by atoms with van der Waals surface area (Å²) in [5, 5.41) is 14.5. The third kappa shape index (κ3) is 9.53. The van der Waals surface area contributed by atoms with Crippen LogP contribution in [0.4, 0.5) is 16.7 Å². The highest BCUT2D eigenvalue weighted by molar-refractivity contribution is 6.05. The van der Waals surface area contributed by atoms with Gasteiger partial charge in [-0.15, -0.1) is 0 Å². The first-order chi connectivity index (χ1) is 29.9. The number of nitrogens with two attached hydrogens (primary N) is 2. The van der Waals surface area contributed by atoms with Gasteiger partial charge in [0.15, 0.2) is 0 Å². The molecule has 6 N–H and O–H groups in total. The molecule has 20 heteroatoms. The van der Waals surface area contributed by atoms with Crippen molar-refractivity contribution in [2.75, 3.05) is 30.3 Å². The summed E-state index contributed by atoms with van der Waals surface area (Å²) in [6.07, 6.45) is 3.95. The molecule has 2 aromatic carbocycles. The van der Waals surface area contributed by atoms with Crippen molar-refractivity contribution in [3.63, 3.8) is 0 Å². The maximum atomic E-state index is 13.7. The summed E-state index contributed by atoms with van der Waals surface area (Å²) >= 11 is 0. The summed E-state index contributed by atoms with van der Waals surface area (Å²) in [4.78, 5) is 75.3. The number of nitrogens with one attached hydrogen (secondary N) is 2. The van der Waals surface area contributed by atoms with Crippen LogP contribution in [0.15, 0.2) is 54.6 Å². The lowest BCUT2D eigenvalue weighted by Gasteiger charge is -2.39. The van der Waals surface area contributed by atoms with Crippen molar-refractivity contribution in [3.05, 3.63) is 88.5 Å². The number of nitrogens with zero attached hydrogens (tertiary/aromatic N) is 9. The monoisotopic (exact) mass is 861 g/mol. The molecule has 0 bridgehead atoms. The third-order valence-corrected chi connectivity index (χ3v) is 10.4. The number of hydrogen-bond donors (Lipinski definition) is 4. The van der Waals surface area contributed by atoms with Crippen molar-refractivity contribution in [1.29, 1.82) is 0 Å². The Labute approximate surface area is 362 Å². The fourth-order valence-corrected chi connectivity index (χ4v) is 7.37. The number of ether oxygens (including phenoxy) is 2. The molecule has 5 amide bonds. The number of fused-ring (bicyclic) bond motifs is 2. The van der Waals surface area contributed by atoms with Crippen LogP contribution in [0.1, 0.15) is 87.2 Å². The smallest absolute Gasteiger partial charge is 0.410 e. The van der Waals surface area contributed by atoms with Crippen LogP contribution in [0.25, 0.3) is 22.1 Å². The van der Waals surface area contributed by atoms with Crippen LogP contribution in [-0.2, 0) is 31.4 Å². The van der Waals surface area contributed by atoms with Crippen molar-refractivity contribution < 1.29 is 33.4 Å². The van der Waals surface area contributed by atoms with Gasteiger partial charge in [0.1, 0.15) is 28.3 Å². The zero-order valence-electron chi connectivity index (χ0n) is 36.3. The summed E-state index contributed by atoms with van der Waals surface area (Å²) < 4.78 is 18.5. The highest BCUT2D eigenvalue weighted by Crippen LogP contribution is 2.32. The number of anilines is 2. The number of amides is 5. The number of carbonyl (C=O) groups excluding carboxylic acids is 5. The predicted octanol–water partition coefficient (Wildman–Crippen LogP) is 4.55. The maximum absolute atomic E-state index is 13.7. The topological polar surface area (TPSA) is 254 Å². The number of hydrogen-bond acceptors (Lipinski definition) is 11. The molecule has 5 heterocycles. The van der Waals surface area contributed by atoms with Gasteiger partial charge < -0.3 is 35.0 Å². The van der Waals surface area contributed by atoms with Gasteiger partial charge in [-0.2, -0.15) is 10.2 Å². The summed E-state index contributed by atoms with van der Waals surface area (Å²) in [7, 11) is 1.66. The fourth-order valence-electron chi connectivity index (χ4n) is 7.37. The van der Waals surface area contributed by atoms with Crippen LogP contribution in [0.5, 0.6) is 5.75 Å². The van der Waals surface area contributed by atoms with E-state index in [0.29, 0.717) is 76.6 Å². The highest BCUT2D eigenvalue weighted by atomic mass is 16.6. The summed E-state index contributed by atoms with van der Waals surface area (Å²) in [5.74, 6) is -1.30. The summed E-state index contributed by atoms with van der Waals surface area (Å²) in [6.45, 7) is 13.1. The predicted molar refractivity (Wildman–Crippen MR) is 234 cm³/mol. The minimum atomic E-state index is -0.688. The van der Waals surface area contributed by atoms with E-state index in [9.17, 15) is 24.0 Å². The quantitative estimate of drug-likeness (QED) is 0.104. The van der Waals surface area contributed by atoms with E-state index >= 15 is 0 Å². The van der Waals surface area contributed by atoms with E-state index in [1.165, 1.54) is 10.7 Å². The molecule has 0 radical (unpaired) electrons. The average Bonchev–Trinajstić information content (AvgIpc) is 3.94. The lowest BCUT2D eigenvalue weighted by Crippen LogP contribution is -2.51. The first-order valence-corrected chi connectivity index (χ1v) is 20.5. The molecule has 330 valence electrons. The maximum Gasteiger partial charge on any atom is 0.410 e. The molecule has 0 aliphatic carbocycles. The Morgan fingerprint density at radius 2 is 1.41 bits per heavy atom. The van der Waals surface area contributed by atoms with Crippen LogP contribution in [0.3, 0.4) is 0 Å². The standard InChI is InChI=1S/C43H51N13O7/c1-8-56-33(18-25(3)51-56)39(60)49-40-46-29-19-27(36(44)57)11-12-31(29)54(40)14-9-10-15-55-35-30(47-41(55)48-38(59)32-17-24(2)50-52(32)7)20-28(37(45)58)21-34(35)62-16-13-26-22-53(23-26)42(61)63-43(4,5)6/h9-12,17-21,26H,8,13-16,22-23H2,1-7H3,(H2,44,57)(H2,45,58)(H,46,49,60)(H,47,48,59)/b10-9+. The van der Waals surface area contributed by atoms with Crippen molar-refractivity contribution in [3.8, 4) is 5.75 Å². The summed E-state index contributed by atoms with van der Waals surface area (Å²) in [5.41, 5.74) is 15.1. The van der Waals surface area contributed by atoms with Crippen LogP contribution in [0, 0.1) is 19.8 Å². The number of rotatable bonds is 15. The second-order valence-electron chi connectivity index (χ2n) is 16.4. The Hall–Kier alpha value is -7.51. The van der Waals surface area contributed by atoms with Crippen molar-refractivity contribution in [1.82, 2.24) is 43.6 Å². The molecule has 1 aliphatic rings. The van der Waals surface area contributed by atoms with E-state index in [-0.39, 0.29) is 54.7 Å². The molecule has 63 heavy (non-hydrogen) atoms. The number of aryl methyl sites for hydroxylation is 4. The first kappa shape index (κ1) is 43.6. The van der Waals surface area contributed by atoms with Gasteiger partial charge in [0, 0.05) is 50.9 Å². The van der Waals surface area contributed by atoms with Gasteiger partial charge in [0.2, 0.25) is 23.7 Å². The number of likely N-dealkylation sites (tertiary alicyclic amines) is 1. The minimum Gasteiger partial charge on any atom is -0.491 e. The Morgan fingerprint density at radius 1 is 0.810 bits per heavy atom. The average molecular weight is 862 g/mol. The second kappa shape index (κ2) is 17.5. The van der Waals surface area contributed by atoms with Gasteiger partial charge in [-0.25, -0.2) is 14.8 Å². The van der Waals surface area contributed by atoms with Crippen molar-refractivity contribution in [2.45, 2.75) is 73.2 Å². The largest absolute Gasteiger partial charge is 0.491 e. The number of benzene rings is 2. The molecule has 0 unspecified atom stereocenters. The molecule has 6 aromatic rings. The van der Waals surface area contributed by atoms with Gasteiger partial charge in [-0.05, 0) is 96.3 Å². The van der Waals surface area contributed by atoms with Crippen LogP contribution >= 0.6 is 0 Å². The molecular weight excluding hydrogens is 811 g/mol. The molecule has 4 aromatic heterocycles. The molecule has 1 saturated heterocycles.